The first kappa shape index (κ1) is 26.4. The van der Waals surface area contributed by atoms with E-state index >= 15 is 0 Å². The molecule has 0 unspecified atom stereocenters. The molecule has 2 aromatic carbocycles. The van der Waals surface area contributed by atoms with Gasteiger partial charge in [-0.25, -0.2) is 0 Å². The van der Waals surface area contributed by atoms with Crippen molar-refractivity contribution in [3.8, 4) is 5.75 Å². The van der Waals surface area contributed by atoms with Crippen molar-refractivity contribution in [3.05, 3.63) is 62.5 Å². The lowest BCUT2D eigenvalue weighted by Crippen LogP contribution is -2.50. The standard InChI is InChI=1S/C25H32Br2N2O3/c1-16(2)28-24(31)17(3)29(14-18-8-7-9-20(26)12-18)23(30)15-32-22-11-10-19(13-21(22)27)25(4,5)6/h7-13,16-17H,14-15H2,1-6H3,(H,28,31)/t17-/m0/s1. The highest BCUT2D eigenvalue weighted by atomic mass is 79.9. The van der Waals surface area contributed by atoms with Crippen molar-refractivity contribution in [3.63, 3.8) is 0 Å². The van der Waals surface area contributed by atoms with Gasteiger partial charge < -0.3 is 15.0 Å². The van der Waals surface area contributed by atoms with Gasteiger partial charge in [-0.3, -0.25) is 9.59 Å². The van der Waals surface area contributed by atoms with Gasteiger partial charge in [-0.15, -0.1) is 0 Å². The van der Waals surface area contributed by atoms with Crippen LogP contribution in [-0.2, 0) is 21.5 Å². The summed E-state index contributed by atoms with van der Waals surface area (Å²) >= 11 is 7.01. The molecule has 0 fully saturated rings. The van der Waals surface area contributed by atoms with Gasteiger partial charge in [0.1, 0.15) is 11.8 Å². The molecule has 0 heterocycles. The minimum absolute atomic E-state index is 0.0107. The summed E-state index contributed by atoms with van der Waals surface area (Å²) in [5.41, 5.74) is 2.10. The van der Waals surface area contributed by atoms with Crippen molar-refractivity contribution in [1.82, 2.24) is 10.2 Å². The van der Waals surface area contributed by atoms with Gasteiger partial charge in [0, 0.05) is 17.1 Å². The predicted molar refractivity (Wildman–Crippen MR) is 136 cm³/mol. The number of nitrogens with one attached hydrogen (secondary N) is 1. The molecule has 7 heteroatoms. The minimum atomic E-state index is -0.640. The van der Waals surface area contributed by atoms with Crippen LogP contribution in [0.5, 0.6) is 5.75 Å². The molecule has 0 aliphatic heterocycles. The third-order valence-electron chi connectivity index (χ3n) is 4.99. The Hall–Kier alpha value is -1.86. The third-order valence-corrected chi connectivity index (χ3v) is 6.10. The normalized spacial score (nSPS) is 12.4. The molecular formula is C25H32Br2N2O3. The van der Waals surface area contributed by atoms with Crippen molar-refractivity contribution in [2.24, 2.45) is 0 Å². The fourth-order valence-electron chi connectivity index (χ4n) is 3.13. The Bertz CT molecular complexity index is 954. The van der Waals surface area contributed by atoms with E-state index in [1.54, 1.807) is 11.8 Å². The van der Waals surface area contributed by atoms with Gasteiger partial charge in [-0.05, 0) is 77.5 Å². The Labute approximate surface area is 208 Å². The number of ether oxygens (including phenoxy) is 1. The zero-order valence-corrected chi connectivity index (χ0v) is 22.7. The van der Waals surface area contributed by atoms with Crippen LogP contribution in [0.1, 0.15) is 52.7 Å². The number of hydrogen-bond donors (Lipinski definition) is 1. The maximum atomic E-state index is 13.2. The molecule has 0 aliphatic carbocycles. The molecule has 2 rings (SSSR count). The molecule has 1 atom stereocenters. The van der Waals surface area contributed by atoms with E-state index in [9.17, 15) is 9.59 Å². The van der Waals surface area contributed by atoms with Gasteiger partial charge in [-0.1, -0.05) is 54.9 Å². The van der Waals surface area contributed by atoms with Crippen molar-refractivity contribution in [2.45, 2.75) is 65.6 Å². The van der Waals surface area contributed by atoms with E-state index in [0.29, 0.717) is 12.3 Å². The van der Waals surface area contributed by atoms with E-state index in [0.717, 1.165) is 14.5 Å². The SMILES string of the molecule is CC(C)NC(=O)[C@H](C)N(Cc1cccc(Br)c1)C(=O)COc1ccc(C(C)(C)C)cc1Br. The molecule has 0 bridgehead atoms. The molecule has 1 N–H and O–H groups in total. The monoisotopic (exact) mass is 566 g/mol. The summed E-state index contributed by atoms with van der Waals surface area (Å²) in [4.78, 5) is 27.4. The highest BCUT2D eigenvalue weighted by molar-refractivity contribution is 9.10. The van der Waals surface area contributed by atoms with E-state index in [1.807, 2.05) is 56.3 Å². The second-order valence-corrected chi connectivity index (χ2v) is 10.9. The third kappa shape index (κ3) is 7.62. The fraction of sp³-hybridized carbons (Fsp3) is 0.440. The Kier molecular flexibility index (Phi) is 9.34. The summed E-state index contributed by atoms with van der Waals surface area (Å²) in [5, 5.41) is 2.89. The van der Waals surface area contributed by atoms with Crippen molar-refractivity contribution in [1.29, 1.82) is 0 Å². The van der Waals surface area contributed by atoms with Gasteiger partial charge in [-0.2, -0.15) is 0 Å². The highest BCUT2D eigenvalue weighted by Gasteiger charge is 2.27. The van der Waals surface area contributed by atoms with E-state index in [-0.39, 0.29) is 29.9 Å². The highest BCUT2D eigenvalue weighted by Crippen LogP contribution is 2.31. The Morgan fingerprint density at radius 1 is 1.06 bits per heavy atom. The molecule has 2 aromatic rings. The number of rotatable bonds is 8. The van der Waals surface area contributed by atoms with Crippen LogP contribution < -0.4 is 10.1 Å². The zero-order chi connectivity index (χ0) is 24.1. The molecule has 0 radical (unpaired) electrons. The summed E-state index contributed by atoms with van der Waals surface area (Å²) in [5.74, 6) is 0.135. The summed E-state index contributed by atoms with van der Waals surface area (Å²) in [7, 11) is 0. The topological polar surface area (TPSA) is 58.6 Å². The lowest BCUT2D eigenvalue weighted by molar-refractivity contribution is -0.142. The number of nitrogens with zero attached hydrogens (tertiary/aromatic N) is 1. The fourth-order valence-corrected chi connectivity index (χ4v) is 4.07. The van der Waals surface area contributed by atoms with Crippen LogP contribution in [0.4, 0.5) is 0 Å². The first-order chi connectivity index (χ1) is 14.9. The predicted octanol–water partition coefficient (Wildman–Crippen LogP) is 5.83. The van der Waals surface area contributed by atoms with E-state index in [4.69, 9.17) is 4.74 Å². The lowest BCUT2D eigenvalue weighted by Gasteiger charge is -2.29. The van der Waals surface area contributed by atoms with Crippen molar-refractivity contribution < 1.29 is 14.3 Å². The maximum absolute atomic E-state index is 13.2. The van der Waals surface area contributed by atoms with Crippen LogP contribution in [0.15, 0.2) is 51.4 Å². The maximum Gasteiger partial charge on any atom is 0.261 e. The van der Waals surface area contributed by atoms with Crippen LogP contribution in [0.2, 0.25) is 0 Å². The molecule has 174 valence electrons. The number of carbonyl (C=O) groups excluding carboxylic acids is 2. The van der Waals surface area contributed by atoms with Crippen LogP contribution in [0.25, 0.3) is 0 Å². The molecule has 0 saturated carbocycles. The van der Waals surface area contributed by atoms with Gasteiger partial charge in [0.15, 0.2) is 6.61 Å². The number of carbonyl (C=O) groups is 2. The average Bonchev–Trinajstić information content (AvgIpc) is 2.69. The van der Waals surface area contributed by atoms with Crippen molar-refractivity contribution >= 4 is 43.7 Å². The molecule has 32 heavy (non-hydrogen) atoms. The van der Waals surface area contributed by atoms with Gasteiger partial charge in [0.2, 0.25) is 5.91 Å². The molecule has 2 amide bonds. The summed E-state index contributed by atoms with van der Waals surface area (Å²) in [6.45, 7) is 12.1. The smallest absolute Gasteiger partial charge is 0.261 e. The minimum Gasteiger partial charge on any atom is -0.483 e. The number of halogens is 2. The van der Waals surface area contributed by atoms with Crippen LogP contribution in [0.3, 0.4) is 0 Å². The van der Waals surface area contributed by atoms with Crippen molar-refractivity contribution in [2.75, 3.05) is 6.61 Å². The number of amides is 2. The average molecular weight is 568 g/mol. The van der Waals surface area contributed by atoms with Crippen LogP contribution in [-0.4, -0.2) is 35.4 Å². The molecular weight excluding hydrogens is 536 g/mol. The molecule has 0 aliphatic rings. The molecule has 0 spiro atoms. The Morgan fingerprint density at radius 2 is 1.75 bits per heavy atom. The molecule has 0 saturated heterocycles. The summed E-state index contributed by atoms with van der Waals surface area (Å²) in [6, 6.07) is 12.9. The molecule has 5 nitrogen and oxygen atoms in total. The Balaban J connectivity index is 2.19. The van der Waals surface area contributed by atoms with Gasteiger partial charge in [0.25, 0.3) is 5.91 Å². The summed E-state index contributed by atoms with van der Waals surface area (Å²) in [6.07, 6.45) is 0. The number of benzene rings is 2. The van der Waals surface area contributed by atoms with E-state index < -0.39 is 6.04 Å². The summed E-state index contributed by atoms with van der Waals surface area (Å²) < 4.78 is 7.55. The van der Waals surface area contributed by atoms with Crippen LogP contribution in [0, 0.1) is 0 Å². The first-order valence-electron chi connectivity index (χ1n) is 10.7. The van der Waals surface area contributed by atoms with Crippen LogP contribution >= 0.6 is 31.9 Å². The van der Waals surface area contributed by atoms with Gasteiger partial charge >= 0.3 is 0 Å². The first-order valence-corrected chi connectivity index (χ1v) is 12.2. The second-order valence-electron chi connectivity index (χ2n) is 9.17. The molecule has 0 aromatic heterocycles. The zero-order valence-electron chi connectivity index (χ0n) is 19.5. The van der Waals surface area contributed by atoms with E-state index in [2.05, 4.69) is 57.9 Å². The largest absolute Gasteiger partial charge is 0.483 e. The quantitative estimate of drug-likeness (QED) is 0.436. The van der Waals surface area contributed by atoms with Gasteiger partial charge in [0.05, 0.1) is 4.47 Å². The Morgan fingerprint density at radius 3 is 2.31 bits per heavy atom. The van der Waals surface area contributed by atoms with E-state index in [1.165, 1.54) is 5.56 Å². The second kappa shape index (κ2) is 11.3. The lowest BCUT2D eigenvalue weighted by atomic mass is 9.87. The number of hydrogen-bond acceptors (Lipinski definition) is 3.